The van der Waals surface area contributed by atoms with Gasteiger partial charge in [0.25, 0.3) is 5.91 Å². The number of aryl methyl sites for hydroxylation is 2. The number of nitrogens with one attached hydrogen (secondary N) is 1. The Balaban J connectivity index is 2.18. The minimum Gasteiger partial charge on any atom is -0.548 e. The normalized spacial score (nSPS) is 12.2. The Hall–Kier alpha value is -2.83. The maximum Gasteiger partial charge on any atom is 0.339 e. The van der Waals surface area contributed by atoms with Gasteiger partial charge in [0, 0.05) is 16.5 Å². The van der Waals surface area contributed by atoms with Crippen LogP contribution in [0.25, 0.3) is 11.0 Å². The van der Waals surface area contributed by atoms with Crippen LogP contribution in [-0.4, -0.2) is 24.5 Å². The van der Waals surface area contributed by atoms with Crippen molar-refractivity contribution in [1.82, 2.24) is 5.32 Å². The molecule has 0 saturated heterocycles. The Kier molecular flexibility index (Phi) is 8.65. The van der Waals surface area contributed by atoms with Gasteiger partial charge < -0.3 is 24.4 Å². The first kappa shape index (κ1) is 24.4. The molecular weight excluding hydrogens is 398 g/mol. The van der Waals surface area contributed by atoms with Crippen LogP contribution in [0.5, 0.6) is 5.75 Å². The minimum absolute atomic E-state index is 0.315. The zero-order valence-electron chi connectivity index (χ0n) is 19.0. The predicted octanol–water partition coefficient (Wildman–Crippen LogP) is 2.80. The number of carbonyl (C=O) groups is 2. The Morgan fingerprint density at radius 2 is 1.84 bits per heavy atom. The fourth-order valence-corrected chi connectivity index (χ4v) is 3.60. The van der Waals surface area contributed by atoms with Gasteiger partial charge in [0.2, 0.25) is 0 Å². The molecule has 1 N–H and O–H groups in total. The number of unbranched alkanes of at least 4 members (excludes halogenated alkanes) is 3. The number of benzene rings is 1. The summed E-state index contributed by atoms with van der Waals surface area (Å²) >= 11 is 0. The molecule has 0 aliphatic carbocycles. The molecule has 31 heavy (non-hydrogen) atoms. The number of hydrogen-bond donors (Lipinski definition) is 1. The van der Waals surface area contributed by atoms with Crippen LogP contribution in [0.15, 0.2) is 21.3 Å². The first-order valence-corrected chi connectivity index (χ1v) is 10.9. The van der Waals surface area contributed by atoms with E-state index < -0.39 is 17.9 Å². The van der Waals surface area contributed by atoms with E-state index >= 15 is 0 Å². The summed E-state index contributed by atoms with van der Waals surface area (Å²) in [4.78, 5) is 35.8. The van der Waals surface area contributed by atoms with E-state index in [0.717, 1.165) is 36.6 Å². The number of carbonyl (C=O) groups excluding carboxylic acids is 2. The van der Waals surface area contributed by atoms with Crippen molar-refractivity contribution < 1.29 is 23.8 Å². The highest BCUT2D eigenvalue weighted by Crippen LogP contribution is 2.29. The second-order valence-electron chi connectivity index (χ2n) is 8.27. The number of aliphatic carboxylic acids is 1. The van der Waals surface area contributed by atoms with Crippen LogP contribution in [0.4, 0.5) is 0 Å². The van der Waals surface area contributed by atoms with Gasteiger partial charge in [0.1, 0.15) is 11.3 Å². The van der Waals surface area contributed by atoms with Gasteiger partial charge in [0.15, 0.2) is 6.61 Å². The first-order valence-electron chi connectivity index (χ1n) is 10.9. The highest BCUT2D eigenvalue weighted by Gasteiger charge is 2.19. The van der Waals surface area contributed by atoms with Gasteiger partial charge in [-0.2, -0.15) is 0 Å². The summed E-state index contributed by atoms with van der Waals surface area (Å²) in [5.41, 5.74) is 2.33. The zero-order chi connectivity index (χ0) is 23.1. The molecule has 0 unspecified atom stereocenters. The second-order valence-corrected chi connectivity index (χ2v) is 8.27. The summed E-state index contributed by atoms with van der Waals surface area (Å²) in [5.74, 6) is -1.82. The summed E-state index contributed by atoms with van der Waals surface area (Å²) in [5, 5.41) is 14.4. The third-order valence-corrected chi connectivity index (χ3v) is 5.53. The van der Waals surface area contributed by atoms with Crippen molar-refractivity contribution in [3.05, 3.63) is 39.2 Å². The number of hydrogen-bond acceptors (Lipinski definition) is 6. The van der Waals surface area contributed by atoms with Crippen molar-refractivity contribution in [2.24, 2.45) is 5.92 Å². The second kappa shape index (κ2) is 11.0. The summed E-state index contributed by atoms with van der Waals surface area (Å²) < 4.78 is 11.2. The van der Waals surface area contributed by atoms with E-state index in [4.69, 9.17) is 9.15 Å². The van der Waals surface area contributed by atoms with Crippen molar-refractivity contribution in [3.63, 3.8) is 0 Å². The van der Waals surface area contributed by atoms with Crippen molar-refractivity contribution >= 4 is 22.8 Å². The van der Waals surface area contributed by atoms with Gasteiger partial charge in [-0.05, 0) is 50.3 Å². The topological polar surface area (TPSA) is 109 Å². The summed E-state index contributed by atoms with van der Waals surface area (Å²) in [6.07, 6.45) is 5.00. The number of amides is 1. The molecule has 1 aromatic carbocycles. The fourth-order valence-electron chi connectivity index (χ4n) is 3.60. The van der Waals surface area contributed by atoms with E-state index in [1.54, 1.807) is 26.8 Å². The molecular formula is C24H32NO6-. The third-order valence-electron chi connectivity index (χ3n) is 5.53. The zero-order valence-corrected chi connectivity index (χ0v) is 19.0. The molecule has 0 aliphatic rings. The SMILES string of the molecule is CCCCCCc1c(C)c2ccc(OCC(=O)N[C@H](C(=O)[O-])C(C)C)c(C)c2oc1=O. The number of fused-ring (bicyclic) bond motifs is 1. The first-order chi connectivity index (χ1) is 14.7. The van der Waals surface area contributed by atoms with E-state index in [1.807, 2.05) is 13.0 Å². The van der Waals surface area contributed by atoms with E-state index in [2.05, 4.69) is 12.2 Å². The van der Waals surface area contributed by atoms with Gasteiger partial charge in [-0.15, -0.1) is 0 Å². The molecule has 2 aromatic rings. The summed E-state index contributed by atoms with van der Waals surface area (Å²) in [7, 11) is 0. The Labute approximate surface area is 182 Å². The van der Waals surface area contributed by atoms with Gasteiger partial charge in [-0.3, -0.25) is 4.79 Å². The lowest BCUT2D eigenvalue weighted by atomic mass is 9.99. The van der Waals surface area contributed by atoms with Gasteiger partial charge in [-0.25, -0.2) is 4.79 Å². The smallest absolute Gasteiger partial charge is 0.339 e. The van der Waals surface area contributed by atoms with Crippen LogP contribution in [0.1, 0.15) is 63.1 Å². The molecule has 0 bridgehead atoms. The van der Waals surface area contributed by atoms with Crippen LogP contribution in [0, 0.1) is 19.8 Å². The predicted molar refractivity (Wildman–Crippen MR) is 117 cm³/mol. The molecule has 1 aromatic heterocycles. The molecule has 7 nitrogen and oxygen atoms in total. The number of carboxylic acid groups (broad SMARTS) is 1. The molecule has 1 atom stereocenters. The molecule has 170 valence electrons. The molecule has 0 aliphatic heterocycles. The van der Waals surface area contributed by atoms with Crippen molar-refractivity contribution in [1.29, 1.82) is 0 Å². The summed E-state index contributed by atoms with van der Waals surface area (Å²) in [6, 6.07) is 2.46. The lowest BCUT2D eigenvalue weighted by Crippen LogP contribution is -2.51. The van der Waals surface area contributed by atoms with Crippen LogP contribution in [0.3, 0.4) is 0 Å². The largest absolute Gasteiger partial charge is 0.548 e. The number of ether oxygens (including phenoxy) is 1. The van der Waals surface area contributed by atoms with Gasteiger partial charge in [0.05, 0.1) is 12.0 Å². The fraction of sp³-hybridized carbons (Fsp3) is 0.542. The highest BCUT2D eigenvalue weighted by molar-refractivity contribution is 5.86. The monoisotopic (exact) mass is 430 g/mol. The standard InChI is InChI=1S/C24H33NO6/c1-6-7-8-9-10-18-15(4)17-11-12-19(16(5)22(17)31-24(18)29)30-13-20(26)25-21(14(2)3)23(27)28/h11-12,14,21H,6-10,13H2,1-5H3,(H,25,26)(H,27,28)/p-1/t21-/m0/s1. The highest BCUT2D eigenvalue weighted by atomic mass is 16.5. The Morgan fingerprint density at radius 3 is 2.45 bits per heavy atom. The maximum atomic E-state index is 12.6. The molecule has 1 heterocycles. The van der Waals surface area contributed by atoms with Crippen LogP contribution < -0.4 is 20.8 Å². The molecule has 1 amide bonds. The van der Waals surface area contributed by atoms with Crippen molar-refractivity contribution in [3.8, 4) is 5.75 Å². The van der Waals surface area contributed by atoms with E-state index in [1.165, 1.54) is 0 Å². The molecule has 0 saturated carbocycles. The molecule has 0 fully saturated rings. The van der Waals surface area contributed by atoms with Gasteiger partial charge >= 0.3 is 5.63 Å². The lowest BCUT2D eigenvalue weighted by Gasteiger charge is -2.23. The molecule has 0 radical (unpaired) electrons. The van der Waals surface area contributed by atoms with E-state index in [-0.39, 0.29) is 18.2 Å². The Bertz CT molecular complexity index is 992. The van der Waals surface area contributed by atoms with Crippen LogP contribution >= 0.6 is 0 Å². The minimum atomic E-state index is -1.34. The van der Waals surface area contributed by atoms with Crippen LogP contribution in [0.2, 0.25) is 0 Å². The van der Waals surface area contributed by atoms with Crippen LogP contribution in [-0.2, 0) is 16.0 Å². The lowest BCUT2D eigenvalue weighted by molar-refractivity contribution is -0.309. The molecule has 0 spiro atoms. The third kappa shape index (κ3) is 6.09. The molecule has 7 heteroatoms. The van der Waals surface area contributed by atoms with E-state index in [0.29, 0.717) is 28.9 Å². The number of carboxylic acids is 1. The maximum absolute atomic E-state index is 12.6. The average Bonchev–Trinajstić information content (AvgIpc) is 2.71. The van der Waals surface area contributed by atoms with Gasteiger partial charge in [-0.1, -0.05) is 40.0 Å². The quantitative estimate of drug-likeness (QED) is 0.434. The van der Waals surface area contributed by atoms with Crippen molar-refractivity contribution in [2.75, 3.05) is 6.61 Å². The average molecular weight is 431 g/mol. The van der Waals surface area contributed by atoms with E-state index in [9.17, 15) is 19.5 Å². The Morgan fingerprint density at radius 1 is 1.13 bits per heavy atom. The van der Waals surface area contributed by atoms with Crippen molar-refractivity contribution in [2.45, 2.75) is 72.8 Å². The summed E-state index contributed by atoms with van der Waals surface area (Å²) in [6.45, 7) is 8.83. The number of rotatable bonds is 11. The molecule has 2 rings (SSSR count).